The van der Waals surface area contributed by atoms with Crippen molar-refractivity contribution in [2.24, 2.45) is 0 Å². The summed E-state index contributed by atoms with van der Waals surface area (Å²) in [5.41, 5.74) is 2.64. The maximum atomic E-state index is 11.9. The van der Waals surface area contributed by atoms with Crippen molar-refractivity contribution in [3.05, 3.63) is 23.8 Å². The van der Waals surface area contributed by atoms with Gasteiger partial charge < -0.3 is 15.3 Å². The van der Waals surface area contributed by atoms with E-state index in [0.717, 1.165) is 17.7 Å². The molecule has 5 heteroatoms. The monoisotopic (exact) mass is 276 g/mol. The predicted octanol–water partition coefficient (Wildman–Crippen LogP) is 1.70. The van der Waals surface area contributed by atoms with Crippen molar-refractivity contribution in [1.82, 2.24) is 0 Å². The largest absolute Gasteiger partial charge is 0.384 e. The number of nitrogens with one attached hydrogen (secondary N) is 1. The summed E-state index contributed by atoms with van der Waals surface area (Å²) >= 11 is 0. The lowest BCUT2D eigenvalue weighted by Gasteiger charge is -2.29. The molecule has 0 spiro atoms. The molecule has 0 saturated heterocycles. The summed E-state index contributed by atoms with van der Waals surface area (Å²) < 4.78 is 0. The van der Waals surface area contributed by atoms with Crippen molar-refractivity contribution < 1.29 is 14.7 Å². The Kier molecular flexibility index (Phi) is 4.39. The third-order valence-corrected chi connectivity index (χ3v) is 3.37. The van der Waals surface area contributed by atoms with Crippen molar-refractivity contribution in [2.75, 3.05) is 16.8 Å². The maximum absolute atomic E-state index is 11.9. The highest BCUT2D eigenvalue weighted by Gasteiger charge is 2.23. The van der Waals surface area contributed by atoms with Crippen molar-refractivity contribution in [3.8, 4) is 0 Å². The minimum atomic E-state index is -1.04. The third-order valence-electron chi connectivity index (χ3n) is 3.37. The second-order valence-electron chi connectivity index (χ2n) is 5.05. The van der Waals surface area contributed by atoms with E-state index in [2.05, 4.69) is 5.32 Å². The number of aliphatic hydroxyl groups is 1. The normalized spacial score (nSPS) is 15.8. The van der Waals surface area contributed by atoms with Gasteiger partial charge in [-0.25, -0.2) is 0 Å². The van der Waals surface area contributed by atoms with Crippen LogP contribution in [0.15, 0.2) is 18.2 Å². The molecule has 0 aliphatic carbocycles. The molecule has 2 N–H and O–H groups in total. The highest BCUT2D eigenvalue weighted by atomic mass is 16.3. The van der Waals surface area contributed by atoms with Gasteiger partial charge in [0.15, 0.2) is 0 Å². The van der Waals surface area contributed by atoms with Gasteiger partial charge in [-0.3, -0.25) is 9.59 Å². The molecule has 1 aromatic carbocycles. The smallest absolute Gasteiger partial charge is 0.252 e. The van der Waals surface area contributed by atoms with Gasteiger partial charge in [-0.1, -0.05) is 6.92 Å². The minimum Gasteiger partial charge on any atom is -0.384 e. The van der Waals surface area contributed by atoms with Crippen LogP contribution in [0.3, 0.4) is 0 Å². The first-order valence-electron chi connectivity index (χ1n) is 6.95. The molecule has 1 aliphatic heterocycles. The lowest BCUT2D eigenvalue weighted by atomic mass is 10.00. The van der Waals surface area contributed by atoms with E-state index in [1.54, 1.807) is 11.0 Å². The SMILES string of the molecule is CCCN1C(=O)CCc2cc(NC(=O)C(C)O)ccc21. The van der Waals surface area contributed by atoms with E-state index in [-0.39, 0.29) is 5.91 Å². The number of carbonyl (C=O) groups excluding carboxylic acids is 2. The molecular weight excluding hydrogens is 256 g/mol. The number of aliphatic hydroxyl groups excluding tert-OH is 1. The highest BCUT2D eigenvalue weighted by molar-refractivity contribution is 5.98. The van der Waals surface area contributed by atoms with Gasteiger partial charge in [0.1, 0.15) is 6.10 Å². The first-order valence-corrected chi connectivity index (χ1v) is 6.95. The van der Waals surface area contributed by atoms with E-state index in [1.165, 1.54) is 6.92 Å². The van der Waals surface area contributed by atoms with Gasteiger partial charge in [-0.05, 0) is 43.5 Å². The third kappa shape index (κ3) is 2.99. The van der Waals surface area contributed by atoms with Crippen LogP contribution >= 0.6 is 0 Å². The number of nitrogens with zero attached hydrogens (tertiary/aromatic N) is 1. The van der Waals surface area contributed by atoms with Crippen LogP contribution < -0.4 is 10.2 Å². The number of rotatable bonds is 4. The molecule has 0 saturated carbocycles. The average molecular weight is 276 g/mol. The molecule has 0 bridgehead atoms. The number of amides is 2. The molecule has 1 aromatic rings. The number of carbonyl (C=O) groups is 2. The number of fused-ring (bicyclic) bond motifs is 1. The fraction of sp³-hybridized carbons (Fsp3) is 0.467. The summed E-state index contributed by atoms with van der Waals surface area (Å²) in [7, 11) is 0. The predicted molar refractivity (Wildman–Crippen MR) is 77.7 cm³/mol. The van der Waals surface area contributed by atoms with Crippen molar-refractivity contribution in [3.63, 3.8) is 0 Å². The Morgan fingerprint density at radius 2 is 2.20 bits per heavy atom. The molecule has 2 rings (SSSR count). The summed E-state index contributed by atoms with van der Waals surface area (Å²) in [5.74, 6) is -0.276. The zero-order valence-electron chi connectivity index (χ0n) is 11.8. The van der Waals surface area contributed by atoms with Crippen molar-refractivity contribution in [1.29, 1.82) is 0 Å². The summed E-state index contributed by atoms with van der Waals surface area (Å²) in [6, 6.07) is 5.50. The van der Waals surface area contributed by atoms with Crippen LogP contribution in [0.25, 0.3) is 0 Å². The summed E-state index contributed by atoms with van der Waals surface area (Å²) in [6.45, 7) is 4.18. The summed E-state index contributed by atoms with van der Waals surface area (Å²) in [6.07, 6.45) is 1.06. The van der Waals surface area contributed by atoms with E-state index in [0.29, 0.717) is 25.1 Å². The number of hydrogen-bond acceptors (Lipinski definition) is 3. The van der Waals surface area contributed by atoms with Gasteiger partial charge in [0.25, 0.3) is 5.91 Å². The Labute approximate surface area is 118 Å². The highest BCUT2D eigenvalue weighted by Crippen LogP contribution is 2.30. The van der Waals surface area contributed by atoms with Crippen LogP contribution in [0.2, 0.25) is 0 Å². The van der Waals surface area contributed by atoms with Crippen LogP contribution in [0.5, 0.6) is 0 Å². The Morgan fingerprint density at radius 1 is 1.45 bits per heavy atom. The minimum absolute atomic E-state index is 0.153. The van der Waals surface area contributed by atoms with E-state index >= 15 is 0 Å². The van der Waals surface area contributed by atoms with E-state index in [9.17, 15) is 14.7 Å². The Balaban J connectivity index is 2.23. The second kappa shape index (κ2) is 6.05. The van der Waals surface area contributed by atoms with E-state index < -0.39 is 12.0 Å². The zero-order valence-corrected chi connectivity index (χ0v) is 11.8. The fourth-order valence-corrected chi connectivity index (χ4v) is 2.35. The van der Waals surface area contributed by atoms with Crippen LogP contribution in [-0.2, 0) is 16.0 Å². The number of aryl methyl sites for hydroxylation is 1. The molecular formula is C15H20N2O3. The number of anilines is 2. The molecule has 1 aliphatic rings. The number of hydrogen-bond donors (Lipinski definition) is 2. The van der Waals surface area contributed by atoms with Crippen LogP contribution in [0, 0.1) is 0 Å². The van der Waals surface area contributed by atoms with Gasteiger partial charge in [-0.15, -0.1) is 0 Å². The molecule has 0 aromatic heterocycles. The molecule has 2 amide bonds. The standard InChI is InChI=1S/C15H20N2O3/c1-3-8-17-13-6-5-12(16-15(20)10(2)18)9-11(13)4-7-14(17)19/h5-6,9-10,18H,3-4,7-8H2,1-2H3,(H,16,20). The molecule has 108 valence electrons. The quantitative estimate of drug-likeness (QED) is 0.879. The van der Waals surface area contributed by atoms with Crippen molar-refractivity contribution in [2.45, 2.75) is 39.2 Å². The molecule has 20 heavy (non-hydrogen) atoms. The maximum Gasteiger partial charge on any atom is 0.252 e. The van der Waals surface area contributed by atoms with Gasteiger partial charge in [0.05, 0.1) is 0 Å². The summed E-state index contributed by atoms with van der Waals surface area (Å²) in [5, 5.41) is 11.9. The zero-order chi connectivity index (χ0) is 14.7. The van der Waals surface area contributed by atoms with Gasteiger partial charge in [-0.2, -0.15) is 0 Å². The second-order valence-corrected chi connectivity index (χ2v) is 5.05. The van der Waals surface area contributed by atoms with E-state index in [1.807, 2.05) is 19.1 Å². The molecule has 1 heterocycles. The fourth-order valence-electron chi connectivity index (χ4n) is 2.35. The van der Waals surface area contributed by atoms with Crippen LogP contribution in [0.1, 0.15) is 32.3 Å². The molecule has 5 nitrogen and oxygen atoms in total. The molecule has 1 unspecified atom stereocenters. The van der Waals surface area contributed by atoms with Crippen LogP contribution in [-0.4, -0.2) is 29.6 Å². The Morgan fingerprint density at radius 3 is 2.85 bits per heavy atom. The number of benzene rings is 1. The lowest BCUT2D eigenvalue weighted by molar-refractivity contribution is -0.123. The van der Waals surface area contributed by atoms with Crippen molar-refractivity contribution >= 4 is 23.2 Å². The first-order chi connectivity index (χ1) is 9.52. The Bertz CT molecular complexity index is 526. The van der Waals surface area contributed by atoms with E-state index in [4.69, 9.17) is 0 Å². The molecule has 0 fully saturated rings. The topological polar surface area (TPSA) is 69.6 Å². The van der Waals surface area contributed by atoms with Gasteiger partial charge in [0.2, 0.25) is 5.91 Å². The first kappa shape index (κ1) is 14.5. The van der Waals surface area contributed by atoms with Gasteiger partial charge in [0, 0.05) is 24.3 Å². The lowest BCUT2D eigenvalue weighted by Crippen LogP contribution is -2.35. The Hall–Kier alpha value is -1.88. The summed E-state index contributed by atoms with van der Waals surface area (Å²) in [4.78, 5) is 25.2. The van der Waals surface area contributed by atoms with Crippen LogP contribution in [0.4, 0.5) is 11.4 Å². The average Bonchev–Trinajstić information content (AvgIpc) is 2.42. The molecule has 0 radical (unpaired) electrons. The molecule has 1 atom stereocenters. The van der Waals surface area contributed by atoms with Gasteiger partial charge >= 0.3 is 0 Å².